The molecule has 0 aliphatic heterocycles. The molecule has 0 aliphatic carbocycles. The van der Waals surface area contributed by atoms with Gasteiger partial charge in [-0.1, -0.05) is 0 Å². The third-order valence-electron chi connectivity index (χ3n) is 3.91. The van der Waals surface area contributed by atoms with E-state index in [0.717, 1.165) is 4.90 Å². The smallest absolute Gasteiger partial charge is 0.343 e. The van der Waals surface area contributed by atoms with Crippen LogP contribution in [0, 0.1) is 0 Å². The van der Waals surface area contributed by atoms with E-state index < -0.39 is 5.97 Å². The fourth-order valence-corrected chi connectivity index (χ4v) is 3.36. The largest absolute Gasteiger partial charge is 0.494 e. The van der Waals surface area contributed by atoms with E-state index in [0.29, 0.717) is 29.3 Å². The molecule has 1 heterocycles. The van der Waals surface area contributed by atoms with Crippen LogP contribution in [0.25, 0.3) is 0 Å². The molecule has 0 atom stereocenters. The van der Waals surface area contributed by atoms with Crippen LogP contribution in [0.15, 0.2) is 70.6 Å². The number of hydrogen-bond acceptors (Lipinski definition) is 6. The van der Waals surface area contributed by atoms with Crippen LogP contribution in [0.3, 0.4) is 0 Å². The summed E-state index contributed by atoms with van der Waals surface area (Å²) in [5.74, 6) is 0.582. The maximum atomic E-state index is 12.2. The summed E-state index contributed by atoms with van der Waals surface area (Å²) in [5, 5.41) is 19.2. The summed E-state index contributed by atoms with van der Waals surface area (Å²) < 4.78 is 6.79. The first-order chi connectivity index (χ1) is 13.9. The Balaban J connectivity index is 1.53. The van der Waals surface area contributed by atoms with Crippen LogP contribution in [-0.2, 0) is 6.54 Å². The number of aromatic nitrogens is 1. The third-order valence-corrected chi connectivity index (χ3v) is 4.91. The molecule has 0 fully saturated rings. The molecule has 0 bridgehead atoms. The van der Waals surface area contributed by atoms with Crippen molar-refractivity contribution in [2.45, 2.75) is 11.4 Å². The first kappa shape index (κ1) is 20.2. The number of aromatic hydroxyl groups is 2. The molecule has 3 aromatic rings. The predicted molar refractivity (Wildman–Crippen MR) is 112 cm³/mol. The Kier molecular flexibility index (Phi) is 6.30. The van der Waals surface area contributed by atoms with Crippen LogP contribution < -0.4 is 16.2 Å². The topological polar surface area (TPSA) is 136 Å². The van der Waals surface area contributed by atoms with Crippen LogP contribution in [0.2, 0.25) is 0 Å². The van der Waals surface area contributed by atoms with Gasteiger partial charge in [-0.15, -0.1) is 11.8 Å². The summed E-state index contributed by atoms with van der Waals surface area (Å²) in [6, 6.07) is 16.4. The van der Waals surface area contributed by atoms with E-state index in [9.17, 15) is 15.0 Å². The van der Waals surface area contributed by atoms with Crippen molar-refractivity contribution in [3.05, 3.63) is 66.2 Å². The Bertz CT molecular complexity index is 990. The van der Waals surface area contributed by atoms with Crippen molar-refractivity contribution in [3.8, 4) is 17.5 Å². The quantitative estimate of drug-likeness (QED) is 0.154. The van der Waals surface area contributed by atoms with Crippen LogP contribution in [0.4, 0.5) is 5.69 Å². The van der Waals surface area contributed by atoms with E-state index >= 15 is 0 Å². The summed E-state index contributed by atoms with van der Waals surface area (Å²) in [7, 11) is 0. The maximum absolute atomic E-state index is 12.2. The molecule has 0 amide bonds. The number of nitrogens with zero attached hydrogens (tertiary/aromatic N) is 2. The van der Waals surface area contributed by atoms with Gasteiger partial charge in [-0.25, -0.2) is 9.79 Å². The van der Waals surface area contributed by atoms with E-state index in [1.807, 2.05) is 12.1 Å². The standard InChI is InChI=1S/C20H20N4O4S/c21-20(22)23-14-3-1-13(2-4-14)19(27)28-15-5-7-16(8-6-15)29-12-11-24-17(25)9-10-18(24)26/h1-10,25-26H,11-12H2,(H4,21,22,23). The normalized spacial score (nSPS) is 10.5. The van der Waals surface area contributed by atoms with Crippen LogP contribution in [-0.4, -0.2) is 32.5 Å². The Labute approximate surface area is 171 Å². The molecule has 6 N–H and O–H groups in total. The number of esters is 1. The van der Waals surface area contributed by atoms with Crippen molar-refractivity contribution < 1.29 is 19.7 Å². The molecule has 0 aliphatic rings. The Morgan fingerprint density at radius 3 is 2.17 bits per heavy atom. The lowest BCUT2D eigenvalue weighted by molar-refractivity contribution is 0.0734. The number of carbonyl (C=O) groups is 1. The van der Waals surface area contributed by atoms with E-state index in [4.69, 9.17) is 16.2 Å². The van der Waals surface area contributed by atoms with Gasteiger partial charge >= 0.3 is 5.97 Å². The number of ether oxygens (including phenoxy) is 1. The molecular weight excluding hydrogens is 392 g/mol. The van der Waals surface area contributed by atoms with Crippen LogP contribution in [0.5, 0.6) is 17.5 Å². The molecule has 0 radical (unpaired) electrons. The molecule has 2 aromatic carbocycles. The fraction of sp³-hybridized carbons (Fsp3) is 0.100. The molecular formula is C20H20N4O4S. The molecule has 0 saturated carbocycles. The zero-order valence-corrected chi connectivity index (χ0v) is 16.2. The lowest BCUT2D eigenvalue weighted by atomic mass is 10.2. The van der Waals surface area contributed by atoms with Crippen LogP contribution in [0.1, 0.15) is 10.4 Å². The van der Waals surface area contributed by atoms with E-state index in [-0.39, 0.29) is 17.7 Å². The van der Waals surface area contributed by atoms with Crippen molar-refractivity contribution in [2.75, 3.05) is 5.75 Å². The summed E-state index contributed by atoms with van der Waals surface area (Å²) in [5.41, 5.74) is 11.6. The highest BCUT2D eigenvalue weighted by molar-refractivity contribution is 7.99. The number of nitrogens with two attached hydrogens (primary N) is 2. The number of hydrogen-bond donors (Lipinski definition) is 4. The minimum atomic E-state index is -0.486. The van der Waals surface area contributed by atoms with Gasteiger partial charge in [0.05, 0.1) is 11.3 Å². The van der Waals surface area contributed by atoms with Gasteiger partial charge in [-0.2, -0.15) is 0 Å². The molecule has 8 nitrogen and oxygen atoms in total. The second kappa shape index (κ2) is 9.07. The van der Waals surface area contributed by atoms with Gasteiger partial charge in [-0.05, 0) is 48.5 Å². The van der Waals surface area contributed by atoms with Crippen molar-refractivity contribution in [1.29, 1.82) is 0 Å². The minimum absolute atomic E-state index is 0.0247. The first-order valence-electron chi connectivity index (χ1n) is 8.64. The third kappa shape index (κ3) is 5.45. The van der Waals surface area contributed by atoms with Gasteiger partial charge in [0.15, 0.2) is 17.7 Å². The number of benzene rings is 2. The molecule has 0 saturated heterocycles. The first-order valence-corrected chi connectivity index (χ1v) is 9.63. The zero-order valence-electron chi connectivity index (χ0n) is 15.4. The van der Waals surface area contributed by atoms with E-state index in [1.165, 1.54) is 16.7 Å². The Hall–Kier alpha value is -3.59. The van der Waals surface area contributed by atoms with Crippen molar-refractivity contribution in [2.24, 2.45) is 16.5 Å². The monoisotopic (exact) mass is 412 g/mol. The molecule has 0 unspecified atom stereocenters. The summed E-state index contributed by atoms with van der Waals surface area (Å²) in [6.45, 7) is 0.460. The van der Waals surface area contributed by atoms with E-state index in [2.05, 4.69) is 4.99 Å². The second-order valence-electron chi connectivity index (χ2n) is 5.99. The summed E-state index contributed by atoms with van der Waals surface area (Å²) in [6.07, 6.45) is 0. The van der Waals surface area contributed by atoms with Crippen molar-refractivity contribution in [1.82, 2.24) is 4.57 Å². The highest BCUT2D eigenvalue weighted by Crippen LogP contribution is 2.25. The zero-order chi connectivity index (χ0) is 20.8. The lowest BCUT2D eigenvalue weighted by Crippen LogP contribution is -2.21. The fourth-order valence-electron chi connectivity index (χ4n) is 2.52. The number of aliphatic imine (C=N–C) groups is 1. The summed E-state index contributed by atoms with van der Waals surface area (Å²) >= 11 is 1.55. The molecule has 150 valence electrons. The molecule has 0 spiro atoms. The van der Waals surface area contributed by atoms with Crippen LogP contribution >= 0.6 is 11.8 Å². The second-order valence-corrected chi connectivity index (χ2v) is 7.16. The van der Waals surface area contributed by atoms with Gasteiger partial charge in [0.2, 0.25) is 0 Å². The lowest BCUT2D eigenvalue weighted by Gasteiger charge is -2.08. The molecule has 29 heavy (non-hydrogen) atoms. The van der Waals surface area contributed by atoms with Crippen molar-refractivity contribution in [3.63, 3.8) is 0 Å². The number of carbonyl (C=O) groups excluding carboxylic acids is 1. The van der Waals surface area contributed by atoms with Gasteiger partial charge < -0.3 is 26.4 Å². The number of thioether (sulfide) groups is 1. The Morgan fingerprint density at radius 1 is 0.966 bits per heavy atom. The number of guanidine groups is 1. The van der Waals surface area contributed by atoms with Gasteiger partial charge in [0.1, 0.15) is 5.75 Å². The highest BCUT2D eigenvalue weighted by Gasteiger charge is 2.09. The molecule has 1 aromatic heterocycles. The average molecular weight is 412 g/mol. The average Bonchev–Trinajstić information content (AvgIpc) is 3.01. The summed E-state index contributed by atoms with van der Waals surface area (Å²) in [4.78, 5) is 17.1. The van der Waals surface area contributed by atoms with Gasteiger partial charge in [0, 0.05) is 29.3 Å². The van der Waals surface area contributed by atoms with Gasteiger partial charge in [0.25, 0.3) is 0 Å². The SMILES string of the molecule is NC(N)=Nc1ccc(C(=O)Oc2ccc(SCCn3c(O)ccc3O)cc2)cc1. The Morgan fingerprint density at radius 2 is 1.59 bits per heavy atom. The number of rotatable bonds is 7. The van der Waals surface area contributed by atoms with E-state index in [1.54, 1.807) is 48.2 Å². The molecule has 9 heteroatoms. The minimum Gasteiger partial charge on any atom is -0.494 e. The van der Waals surface area contributed by atoms with Crippen molar-refractivity contribution >= 4 is 29.4 Å². The predicted octanol–water partition coefficient (Wildman–Crippen LogP) is 2.82. The molecule has 3 rings (SSSR count). The maximum Gasteiger partial charge on any atom is 0.343 e. The highest BCUT2D eigenvalue weighted by atomic mass is 32.2. The van der Waals surface area contributed by atoms with Gasteiger partial charge in [-0.3, -0.25) is 4.57 Å².